The average molecular weight is 717 g/mol. The number of aliphatic hydroxyl groups is 3. The Balaban J connectivity index is 1.43. The molecule has 5 rings (SSSR count). The molecule has 274 valence electrons. The minimum atomic E-state index is -2.37. The molecule has 2 aromatic carbocycles. The van der Waals surface area contributed by atoms with Crippen LogP contribution in [0, 0.1) is 0 Å². The summed E-state index contributed by atoms with van der Waals surface area (Å²) in [5, 5.41) is 65.9. The van der Waals surface area contributed by atoms with Crippen LogP contribution in [0.4, 0.5) is 0 Å². The third-order valence-electron chi connectivity index (χ3n) is 9.05. The van der Waals surface area contributed by atoms with E-state index in [0.717, 1.165) is 0 Å². The topological polar surface area (TPSA) is 285 Å². The molecular weight excluding hydrogens is 680 g/mol. The van der Waals surface area contributed by atoms with Crippen molar-refractivity contribution < 1.29 is 78.5 Å². The Labute approximate surface area is 288 Å². The Morgan fingerprint density at radius 3 is 2.43 bits per heavy atom. The number of carboxylic acid groups (broad SMARTS) is 1. The molecule has 1 fully saturated rings. The number of amides is 1. The first kappa shape index (κ1) is 37.3. The van der Waals surface area contributed by atoms with Crippen molar-refractivity contribution in [1.29, 1.82) is 0 Å². The van der Waals surface area contributed by atoms with Crippen LogP contribution in [0.25, 0.3) is 0 Å². The molecule has 0 bridgehead atoms. The number of hydrogen-bond donors (Lipinski definition) is 8. The van der Waals surface area contributed by atoms with E-state index in [1.54, 1.807) is 0 Å². The molecule has 0 spiro atoms. The minimum Gasteiger partial charge on any atom is -0.507 e. The molecule has 18 nitrogen and oxygen atoms in total. The SMILES string of the molecule is COc1cccc2c1C(=O)c1c(O)c3c(c(O)c1C2=O)C[C@@](O)(C(=O)CO)C[C@@H]3OC1CC(NOC(=O)CCNC(=O)CC(=O)O)C(O)C(C)O1. The Bertz CT molecular complexity index is 1790. The van der Waals surface area contributed by atoms with Gasteiger partial charge in [0.2, 0.25) is 11.7 Å². The normalized spacial score (nSPS) is 25.2. The van der Waals surface area contributed by atoms with Crippen molar-refractivity contribution in [1.82, 2.24) is 10.8 Å². The molecular formula is C33H36N2O16. The highest BCUT2D eigenvalue weighted by Gasteiger charge is 2.50. The second kappa shape index (κ2) is 14.7. The van der Waals surface area contributed by atoms with Gasteiger partial charge in [0.1, 0.15) is 35.9 Å². The van der Waals surface area contributed by atoms with Gasteiger partial charge in [0.25, 0.3) is 0 Å². The van der Waals surface area contributed by atoms with Crippen LogP contribution < -0.4 is 15.5 Å². The van der Waals surface area contributed by atoms with Crippen molar-refractivity contribution in [2.45, 2.75) is 75.3 Å². The summed E-state index contributed by atoms with van der Waals surface area (Å²) >= 11 is 0. The van der Waals surface area contributed by atoms with Crippen molar-refractivity contribution in [3.05, 3.63) is 51.6 Å². The van der Waals surface area contributed by atoms with Gasteiger partial charge >= 0.3 is 11.9 Å². The monoisotopic (exact) mass is 716 g/mol. The van der Waals surface area contributed by atoms with Gasteiger partial charge < -0.3 is 55.0 Å². The summed E-state index contributed by atoms with van der Waals surface area (Å²) in [6.45, 7) is 0.128. The third-order valence-corrected chi connectivity index (χ3v) is 9.05. The number of ether oxygens (including phenoxy) is 3. The number of phenols is 2. The molecule has 1 aliphatic heterocycles. The van der Waals surface area contributed by atoms with E-state index in [1.807, 2.05) is 0 Å². The maximum absolute atomic E-state index is 13.8. The molecule has 3 aliphatic rings. The predicted octanol–water partition coefficient (Wildman–Crippen LogP) is -0.929. The van der Waals surface area contributed by atoms with E-state index in [0.29, 0.717) is 0 Å². The van der Waals surface area contributed by atoms with Crippen LogP contribution in [0.3, 0.4) is 0 Å². The number of carbonyl (C=O) groups is 6. The lowest BCUT2D eigenvalue weighted by molar-refractivity contribution is -0.256. The third kappa shape index (κ3) is 7.14. The van der Waals surface area contributed by atoms with Crippen LogP contribution in [-0.4, -0.2) is 116 Å². The summed E-state index contributed by atoms with van der Waals surface area (Å²) in [6, 6.07) is 3.20. The number of carbonyl (C=O) groups excluding carboxylic acids is 5. The fourth-order valence-electron chi connectivity index (χ4n) is 6.53. The van der Waals surface area contributed by atoms with Gasteiger partial charge in [-0.05, 0) is 13.0 Å². The molecule has 0 saturated carbocycles. The number of fused-ring (bicyclic) bond motifs is 3. The van der Waals surface area contributed by atoms with Crippen LogP contribution in [0.15, 0.2) is 18.2 Å². The molecule has 2 aromatic rings. The highest BCUT2D eigenvalue weighted by atomic mass is 16.7. The zero-order chi connectivity index (χ0) is 37.4. The van der Waals surface area contributed by atoms with Crippen molar-refractivity contribution in [2.75, 3.05) is 20.3 Å². The molecule has 51 heavy (non-hydrogen) atoms. The lowest BCUT2D eigenvalue weighted by Gasteiger charge is -2.42. The molecule has 1 saturated heterocycles. The molecule has 0 radical (unpaired) electrons. The number of aliphatic hydroxyl groups excluding tert-OH is 2. The van der Waals surface area contributed by atoms with E-state index in [2.05, 4.69) is 10.8 Å². The van der Waals surface area contributed by atoms with Gasteiger partial charge in [-0.25, -0.2) is 0 Å². The smallest absolute Gasteiger partial charge is 0.326 e. The molecule has 6 atom stereocenters. The molecule has 1 heterocycles. The number of aromatic hydroxyl groups is 2. The Morgan fingerprint density at radius 2 is 1.76 bits per heavy atom. The van der Waals surface area contributed by atoms with E-state index in [1.165, 1.54) is 32.2 Å². The second-order valence-corrected chi connectivity index (χ2v) is 12.4. The maximum Gasteiger partial charge on any atom is 0.326 e. The van der Waals surface area contributed by atoms with Gasteiger partial charge in [-0.2, -0.15) is 0 Å². The number of benzene rings is 2. The lowest BCUT2D eigenvalue weighted by Crippen LogP contribution is -2.55. The number of methoxy groups -OCH3 is 1. The Hall–Kier alpha value is -4.98. The standard InChI is InChI=1S/C33H36N2O16/c1-13-28(42)16(35-51-22(41)6-7-34-20(38)9-21(39)40)8-23(49-13)50-18-11-33(47,19(37)12-36)10-15-25(18)32(46)27-26(30(15)44)29(43)14-4-3-5-17(48-2)24(14)31(27)45/h3-5,13,16,18,23,28,35-36,42,44,46-47H,6-12H2,1-2H3,(H,34,38)(H,39,40)/t13?,16?,18-,23?,28?,33-/m0/s1. The summed E-state index contributed by atoms with van der Waals surface area (Å²) in [5.41, 5.74) is -1.87. The molecule has 0 aromatic heterocycles. The number of Topliss-reactive ketones (excluding diaryl/α,β-unsaturated/α-hetero) is 1. The van der Waals surface area contributed by atoms with Crippen LogP contribution in [-0.2, 0) is 39.9 Å². The fraction of sp³-hybridized carbons (Fsp3) is 0.455. The lowest BCUT2D eigenvalue weighted by atomic mass is 9.72. The predicted molar refractivity (Wildman–Crippen MR) is 167 cm³/mol. The first-order chi connectivity index (χ1) is 24.1. The van der Waals surface area contributed by atoms with E-state index in [4.69, 9.17) is 24.2 Å². The van der Waals surface area contributed by atoms with Gasteiger partial charge in [-0.15, -0.1) is 5.48 Å². The van der Waals surface area contributed by atoms with E-state index >= 15 is 0 Å². The minimum absolute atomic E-state index is 0.0363. The molecule has 8 N–H and O–H groups in total. The quantitative estimate of drug-likeness (QED) is 0.0638. The summed E-state index contributed by atoms with van der Waals surface area (Å²) in [4.78, 5) is 79.7. The second-order valence-electron chi connectivity index (χ2n) is 12.4. The summed E-state index contributed by atoms with van der Waals surface area (Å²) in [6.07, 6.45) is -7.74. The van der Waals surface area contributed by atoms with Crippen LogP contribution in [0.1, 0.15) is 81.7 Å². The zero-order valence-corrected chi connectivity index (χ0v) is 27.3. The van der Waals surface area contributed by atoms with E-state index in [-0.39, 0.29) is 47.4 Å². The van der Waals surface area contributed by atoms with Crippen molar-refractivity contribution >= 4 is 35.2 Å². The number of rotatable bonds is 12. The highest BCUT2D eigenvalue weighted by molar-refractivity contribution is 6.31. The zero-order valence-electron chi connectivity index (χ0n) is 27.3. The van der Waals surface area contributed by atoms with E-state index in [9.17, 15) is 54.3 Å². The number of carboxylic acids is 1. The number of nitrogens with one attached hydrogen (secondary N) is 2. The highest BCUT2D eigenvalue weighted by Crippen LogP contribution is 2.52. The van der Waals surface area contributed by atoms with Crippen molar-refractivity contribution in [2.24, 2.45) is 0 Å². The molecule has 1 amide bonds. The maximum atomic E-state index is 13.8. The van der Waals surface area contributed by atoms with Gasteiger partial charge in [0, 0.05) is 42.5 Å². The summed E-state index contributed by atoms with van der Waals surface area (Å²) in [5.74, 6) is -7.29. The summed E-state index contributed by atoms with van der Waals surface area (Å²) in [7, 11) is 1.28. The molecule has 18 heteroatoms. The number of ketones is 3. The number of hydrogen-bond acceptors (Lipinski definition) is 16. The largest absolute Gasteiger partial charge is 0.507 e. The average Bonchev–Trinajstić information content (AvgIpc) is 3.08. The van der Waals surface area contributed by atoms with E-state index < -0.39 is 120 Å². The fourth-order valence-corrected chi connectivity index (χ4v) is 6.53. The van der Waals surface area contributed by atoms with Gasteiger partial charge in [-0.3, -0.25) is 28.8 Å². The number of phenolic OH excluding ortho intramolecular Hbond substituents is 2. The van der Waals surface area contributed by atoms with Crippen molar-refractivity contribution in [3.63, 3.8) is 0 Å². The van der Waals surface area contributed by atoms with Gasteiger partial charge in [0.15, 0.2) is 17.9 Å². The van der Waals surface area contributed by atoms with Gasteiger partial charge in [0.05, 0.1) is 54.6 Å². The van der Waals surface area contributed by atoms with Gasteiger partial charge in [-0.1, -0.05) is 12.1 Å². The van der Waals surface area contributed by atoms with Crippen molar-refractivity contribution in [3.8, 4) is 17.2 Å². The first-order valence-corrected chi connectivity index (χ1v) is 15.8. The number of hydroxylamine groups is 1. The van der Waals surface area contributed by atoms with Crippen LogP contribution in [0.5, 0.6) is 17.2 Å². The molecule has 4 unspecified atom stereocenters. The first-order valence-electron chi connectivity index (χ1n) is 15.8. The molecule has 2 aliphatic carbocycles. The van der Waals surface area contributed by atoms with Crippen LogP contribution in [0.2, 0.25) is 0 Å². The number of aliphatic carboxylic acids is 1. The van der Waals surface area contributed by atoms with Crippen LogP contribution >= 0.6 is 0 Å². The summed E-state index contributed by atoms with van der Waals surface area (Å²) < 4.78 is 17.2. The Morgan fingerprint density at radius 1 is 1.06 bits per heavy atom. The Kier molecular flexibility index (Phi) is 10.7.